The van der Waals surface area contributed by atoms with Gasteiger partial charge < -0.3 is 19.3 Å². The first-order chi connectivity index (χ1) is 17.5. The highest BCUT2D eigenvalue weighted by molar-refractivity contribution is 7.80. The first kappa shape index (κ1) is 27.6. The lowest BCUT2D eigenvalue weighted by Crippen LogP contribution is -2.43. The average Bonchev–Trinajstić information content (AvgIpc) is 3.31. The van der Waals surface area contributed by atoms with Crippen LogP contribution in [0.2, 0.25) is 0 Å². The van der Waals surface area contributed by atoms with Crippen LogP contribution >= 0.6 is 12.2 Å². The molecule has 0 aliphatic carbocycles. The standard InChI is InChI=1S/C31H42N2O3S/c1-8-35-29(34)28(36-31(5,6)7)27-22(4)25-19-33(30(37)32-16-10-9-11-17-32)18-24(25)21(3)26(27)23-14-12-20(2)13-15-23/h12-15,28H,8-11,16-19H2,1-7H3/t28-/m0/s1. The van der Waals surface area contributed by atoms with E-state index in [1.165, 1.54) is 41.5 Å². The highest BCUT2D eigenvalue weighted by Gasteiger charge is 2.37. The number of nitrogens with zero attached hydrogens (tertiary/aromatic N) is 2. The van der Waals surface area contributed by atoms with Gasteiger partial charge >= 0.3 is 5.97 Å². The molecule has 2 heterocycles. The summed E-state index contributed by atoms with van der Waals surface area (Å²) in [4.78, 5) is 18.1. The van der Waals surface area contributed by atoms with E-state index < -0.39 is 11.7 Å². The fourth-order valence-corrected chi connectivity index (χ4v) is 5.97. The number of likely N-dealkylation sites (tertiary alicyclic amines) is 1. The molecule has 6 heteroatoms. The lowest BCUT2D eigenvalue weighted by molar-refractivity contribution is -0.166. The number of hydrogen-bond acceptors (Lipinski definition) is 4. The van der Waals surface area contributed by atoms with E-state index >= 15 is 0 Å². The van der Waals surface area contributed by atoms with Crippen LogP contribution in [0.3, 0.4) is 0 Å². The van der Waals surface area contributed by atoms with Gasteiger partial charge in [0.25, 0.3) is 0 Å². The number of benzene rings is 2. The molecule has 0 radical (unpaired) electrons. The lowest BCUT2D eigenvalue weighted by atomic mass is 9.83. The van der Waals surface area contributed by atoms with Crippen molar-refractivity contribution in [3.8, 4) is 11.1 Å². The van der Waals surface area contributed by atoms with Gasteiger partial charge in [0.1, 0.15) is 0 Å². The summed E-state index contributed by atoms with van der Waals surface area (Å²) in [5.74, 6) is -0.341. The van der Waals surface area contributed by atoms with Crippen LogP contribution in [0.15, 0.2) is 24.3 Å². The molecule has 2 aromatic carbocycles. The Morgan fingerprint density at radius 2 is 1.54 bits per heavy atom. The first-order valence-corrected chi connectivity index (χ1v) is 14.0. The Morgan fingerprint density at radius 1 is 0.946 bits per heavy atom. The summed E-state index contributed by atoms with van der Waals surface area (Å²) < 4.78 is 12.0. The number of ether oxygens (including phenoxy) is 2. The molecule has 200 valence electrons. The molecule has 0 N–H and O–H groups in total. The third-order valence-electron chi connectivity index (χ3n) is 7.49. The van der Waals surface area contributed by atoms with Gasteiger partial charge in [-0.25, -0.2) is 4.79 Å². The van der Waals surface area contributed by atoms with E-state index in [0.29, 0.717) is 6.61 Å². The third kappa shape index (κ3) is 5.85. The summed E-state index contributed by atoms with van der Waals surface area (Å²) in [6, 6.07) is 8.56. The largest absolute Gasteiger partial charge is 0.464 e. The normalized spacial score (nSPS) is 16.5. The number of fused-ring (bicyclic) bond motifs is 1. The van der Waals surface area contributed by atoms with Crippen molar-refractivity contribution in [2.24, 2.45) is 0 Å². The Balaban J connectivity index is 1.87. The zero-order chi connectivity index (χ0) is 26.9. The predicted octanol–water partition coefficient (Wildman–Crippen LogP) is 6.78. The monoisotopic (exact) mass is 522 g/mol. The van der Waals surface area contributed by atoms with Gasteiger partial charge in [-0.1, -0.05) is 29.8 Å². The Kier molecular flexibility index (Phi) is 8.29. The highest BCUT2D eigenvalue weighted by atomic mass is 32.1. The van der Waals surface area contributed by atoms with E-state index in [1.807, 2.05) is 27.7 Å². The number of thiocarbonyl (C=S) groups is 1. The van der Waals surface area contributed by atoms with E-state index in [-0.39, 0.29) is 5.97 Å². The molecular formula is C31H42N2O3S. The summed E-state index contributed by atoms with van der Waals surface area (Å²) >= 11 is 5.99. The molecule has 1 saturated heterocycles. The van der Waals surface area contributed by atoms with Crippen molar-refractivity contribution in [1.82, 2.24) is 9.80 Å². The Bertz CT molecular complexity index is 1160. The topological polar surface area (TPSA) is 42.0 Å². The average molecular weight is 523 g/mol. The highest BCUT2D eigenvalue weighted by Crippen LogP contribution is 2.44. The van der Waals surface area contributed by atoms with Gasteiger partial charge in [-0.15, -0.1) is 0 Å². The van der Waals surface area contributed by atoms with Crippen molar-refractivity contribution in [2.45, 2.75) is 92.5 Å². The maximum Gasteiger partial charge on any atom is 0.339 e. The molecule has 4 rings (SSSR count). The van der Waals surface area contributed by atoms with Crippen LogP contribution in [0.25, 0.3) is 11.1 Å². The molecule has 1 atom stereocenters. The van der Waals surface area contributed by atoms with Gasteiger partial charge in [-0.2, -0.15) is 0 Å². The Hall–Kier alpha value is -2.44. The summed E-state index contributed by atoms with van der Waals surface area (Å²) in [5, 5.41) is 0.945. The van der Waals surface area contributed by atoms with Gasteiger partial charge in [0.2, 0.25) is 0 Å². The zero-order valence-electron chi connectivity index (χ0n) is 23.6. The number of esters is 1. The van der Waals surface area contributed by atoms with Crippen LogP contribution in [-0.4, -0.2) is 46.2 Å². The van der Waals surface area contributed by atoms with E-state index in [2.05, 4.69) is 54.8 Å². The van der Waals surface area contributed by atoms with Crippen LogP contribution in [0.5, 0.6) is 0 Å². The maximum absolute atomic E-state index is 13.4. The first-order valence-electron chi connectivity index (χ1n) is 13.6. The zero-order valence-corrected chi connectivity index (χ0v) is 24.4. The fraction of sp³-hybridized carbons (Fsp3) is 0.548. The van der Waals surface area contributed by atoms with Crippen LogP contribution < -0.4 is 0 Å². The molecule has 0 unspecified atom stereocenters. The smallest absolute Gasteiger partial charge is 0.339 e. The molecule has 0 spiro atoms. The summed E-state index contributed by atoms with van der Waals surface area (Å²) in [7, 11) is 0. The minimum Gasteiger partial charge on any atom is -0.464 e. The van der Waals surface area contributed by atoms with Crippen molar-refractivity contribution in [1.29, 1.82) is 0 Å². The Labute approximate surface area is 228 Å². The van der Waals surface area contributed by atoms with E-state index in [9.17, 15) is 4.79 Å². The quantitative estimate of drug-likeness (QED) is 0.318. The molecule has 0 bridgehead atoms. The second kappa shape index (κ2) is 11.1. The number of carbonyl (C=O) groups excluding carboxylic acids is 1. The van der Waals surface area contributed by atoms with E-state index in [4.69, 9.17) is 21.7 Å². The van der Waals surface area contributed by atoms with Crippen molar-refractivity contribution >= 4 is 23.3 Å². The molecule has 2 aliphatic heterocycles. The van der Waals surface area contributed by atoms with Gasteiger partial charge in [-0.3, -0.25) is 0 Å². The van der Waals surface area contributed by atoms with E-state index in [0.717, 1.165) is 53.5 Å². The van der Waals surface area contributed by atoms with Crippen molar-refractivity contribution < 1.29 is 14.3 Å². The summed E-state index contributed by atoms with van der Waals surface area (Å²) in [5.41, 5.74) is 8.62. The SMILES string of the molecule is CCOC(=O)[C@@H](OC(C)(C)C)c1c(C)c2c(c(C)c1-c1ccc(C)cc1)CN(C(=S)N1CCCCC1)C2. The fourth-order valence-electron chi connectivity index (χ4n) is 5.66. The molecule has 0 aromatic heterocycles. The van der Waals surface area contributed by atoms with Gasteiger partial charge in [0.05, 0.1) is 12.2 Å². The molecule has 0 amide bonds. The minimum atomic E-state index is -0.816. The van der Waals surface area contributed by atoms with Crippen molar-refractivity contribution in [2.75, 3.05) is 19.7 Å². The predicted molar refractivity (Wildman–Crippen MR) is 154 cm³/mol. The van der Waals surface area contributed by atoms with Gasteiger partial charge in [0, 0.05) is 31.7 Å². The number of rotatable bonds is 5. The minimum absolute atomic E-state index is 0.309. The summed E-state index contributed by atoms with van der Waals surface area (Å²) in [6.07, 6.45) is 2.87. The number of piperidine rings is 1. The van der Waals surface area contributed by atoms with Crippen LogP contribution in [0.4, 0.5) is 0 Å². The third-order valence-corrected chi connectivity index (χ3v) is 8.00. The molecule has 1 fully saturated rings. The second-order valence-corrected chi connectivity index (χ2v) is 11.8. The van der Waals surface area contributed by atoms with Crippen LogP contribution in [0, 0.1) is 20.8 Å². The number of hydrogen-bond donors (Lipinski definition) is 0. The van der Waals surface area contributed by atoms with Crippen molar-refractivity contribution in [3.63, 3.8) is 0 Å². The van der Waals surface area contributed by atoms with Gasteiger partial charge in [-0.05, 0) is 113 Å². The molecule has 2 aromatic rings. The van der Waals surface area contributed by atoms with Crippen molar-refractivity contribution in [3.05, 3.63) is 57.6 Å². The lowest BCUT2D eigenvalue weighted by Gasteiger charge is -2.33. The molecule has 2 aliphatic rings. The maximum atomic E-state index is 13.4. The van der Waals surface area contributed by atoms with Crippen LogP contribution in [-0.2, 0) is 27.4 Å². The number of carbonyl (C=O) groups is 1. The second-order valence-electron chi connectivity index (χ2n) is 11.4. The number of aryl methyl sites for hydroxylation is 1. The van der Waals surface area contributed by atoms with Crippen LogP contribution in [0.1, 0.15) is 86.4 Å². The molecule has 5 nitrogen and oxygen atoms in total. The van der Waals surface area contributed by atoms with Gasteiger partial charge in [0.15, 0.2) is 11.2 Å². The summed E-state index contributed by atoms with van der Waals surface area (Å²) in [6.45, 7) is 18.1. The molecule has 37 heavy (non-hydrogen) atoms. The molecule has 0 saturated carbocycles. The molecular weight excluding hydrogens is 480 g/mol. The Morgan fingerprint density at radius 3 is 2.11 bits per heavy atom. The van der Waals surface area contributed by atoms with E-state index in [1.54, 1.807) is 0 Å².